The van der Waals surface area contributed by atoms with E-state index in [1.807, 2.05) is 13.8 Å². The highest BCUT2D eigenvalue weighted by molar-refractivity contribution is 6.15. The van der Waals surface area contributed by atoms with Crippen LogP contribution >= 0.6 is 0 Å². The first-order chi connectivity index (χ1) is 12.3. The zero-order chi connectivity index (χ0) is 18.8. The number of nitrogens with one attached hydrogen (secondary N) is 2. The SMILES string of the molecule is C=CCN1C(=O)[C@@H]2[C@H](C(C)C)N[C@]3(C(=O)Nc4ccc(F)cc43)[C@H]2C1=O. The average Bonchev–Trinajstić information content (AvgIpc) is 3.17. The predicted molar refractivity (Wildman–Crippen MR) is 92.4 cm³/mol. The summed E-state index contributed by atoms with van der Waals surface area (Å²) in [5.74, 6) is -3.19. The molecule has 2 saturated heterocycles. The first-order valence-corrected chi connectivity index (χ1v) is 8.68. The maximum atomic E-state index is 14.0. The number of hydrogen-bond donors (Lipinski definition) is 2. The monoisotopic (exact) mass is 357 g/mol. The number of benzene rings is 1. The molecule has 1 spiro atoms. The normalized spacial score (nSPS) is 32.4. The Kier molecular flexibility index (Phi) is 3.56. The highest BCUT2D eigenvalue weighted by Gasteiger charge is 2.70. The lowest BCUT2D eigenvalue weighted by Gasteiger charge is -2.30. The minimum Gasteiger partial charge on any atom is -0.324 e. The third-order valence-electron chi connectivity index (χ3n) is 5.73. The smallest absolute Gasteiger partial charge is 0.250 e. The predicted octanol–water partition coefficient (Wildman–Crippen LogP) is 1.39. The second-order valence-electron chi connectivity index (χ2n) is 7.45. The lowest BCUT2D eigenvalue weighted by Crippen LogP contribution is -2.54. The van der Waals surface area contributed by atoms with E-state index in [2.05, 4.69) is 17.2 Å². The second kappa shape index (κ2) is 5.48. The minimum absolute atomic E-state index is 0.00714. The molecule has 1 aromatic rings. The van der Waals surface area contributed by atoms with Crippen molar-refractivity contribution in [3.05, 3.63) is 42.2 Å². The van der Waals surface area contributed by atoms with Crippen LogP contribution in [0.3, 0.4) is 0 Å². The van der Waals surface area contributed by atoms with Gasteiger partial charge in [-0.25, -0.2) is 4.39 Å². The van der Waals surface area contributed by atoms with E-state index in [9.17, 15) is 18.8 Å². The van der Waals surface area contributed by atoms with Crippen molar-refractivity contribution in [1.29, 1.82) is 0 Å². The number of fused-ring (bicyclic) bond motifs is 4. The molecule has 7 heteroatoms. The summed E-state index contributed by atoms with van der Waals surface area (Å²) in [6.45, 7) is 7.57. The Morgan fingerprint density at radius 3 is 2.69 bits per heavy atom. The molecule has 26 heavy (non-hydrogen) atoms. The van der Waals surface area contributed by atoms with Crippen LogP contribution in [0.25, 0.3) is 0 Å². The van der Waals surface area contributed by atoms with E-state index in [4.69, 9.17) is 0 Å². The fraction of sp³-hybridized carbons (Fsp3) is 0.421. The van der Waals surface area contributed by atoms with Crippen molar-refractivity contribution in [3.8, 4) is 0 Å². The molecule has 6 nitrogen and oxygen atoms in total. The molecule has 4 atom stereocenters. The number of amides is 3. The summed E-state index contributed by atoms with van der Waals surface area (Å²) in [6.07, 6.45) is 1.49. The van der Waals surface area contributed by atoms with E-state index >= 15 is 0 Å². The first-order valence-electron chi connectivity index (χ1n) is 8.68. The van der Waals surface area contributed by atoms with Crippen molar-refractivity contribution in [2.75, 3.05) is 11.9 Å². The average molecular weight is 357 g/mol. The van der Waals surface area contributed by atoms with Crippen molar-refractivity contribution in [3.63, 3.8) is 0 Å². The van der Waals surface area contributed by atoms with Gasteiger partial charge in [-0.15, -0.1) is 6.58 Å². The molecule has 0 aliphatic carbocycles. The van der Waals surface area contributed by atoms with Gasteiger partial charge in [-0.05, 0) is 24.1 Å². The summed E-state index contributed by atoms with van der Waals surface area (Å²) in [7, 11) is 0. The summed E-state index contributed by atoms with van der Waals surface area (Å²) >= 11 is 0. The van der Waals surface area contributed by atoms with E-state index in [1.54, 1.807) is 0 Å². The van der Waals surface area contributed by atoms with Gasteiger partial charge in [0.25, 0.3) is 0 Å². The van der Waals surface area contributed by atoms with Gasteiger partial charge in [0.2, 0.25) is 17.7 Å². The number of hydrogen-bond acceptors (Lipinski definition) is 4. The maximum absolute atomic E-state index is 14.0. The standard InChI is InChI=1S/C19H20FN3O3/c1-4-7-23-16(24)13-14(17(23)25)19(22-15(13)9(2)3)11-8-10(20)5-6-12(11)21-18(19)26/h4-6,8-9,13-15,22H,1,7H2,2-3H3,(H,21,26)/t13-,14+,15-,19-/m0/s1. The third-order valence-corrected chi connectivity index (χ3v) is 5.73. The number of anilines is 1. The van der Waals surface area contributed by atoms with Crippen LogP contribution < -0.4 is 10.6 Å². The lowest BCUT2D eigenvalue weighted by molar-refractivity contribution is -0.142. The van der Waals surface area contributed by atoms with Crippen LogP contribution in [-0.4, -0.2) is 35.2 Å². The molecule has 3 aliphatic heterocycles. The molecule has 3 aliphatic rings. The number of carbonyl (C=O) groups excluding carboxylic acids is 3. The van der Waals surface area contributed by atoms with Gasteiger partial charge in [0.1, 0.15) is 11.4 Å². The fourth-order valence-corrected chi connectivity index (χ4v) is 4.65. The van der Waals surface area contributed by atoms with Crippen molar-refractivity contribution >= 4 is 23.4 Å². The molecule has 0 radical (unpaired) electrons. The quantitative estimate of drug-likeness (QED) is 0.633. The summed E-state index contributed by atoms with van der Waals surface area (Å²) in [4.78, 5) is 40.2. The largest absolute Gasteiger partial charge is 0.324 e. The Labute approximate surface area is 150 Å². The Morgan fingerprint density at radius 2 is 2.04 bits per heavy atom. The highest BCUT2D eigenvalue weighted by atomic mass is 19.1. The summed E-state index contributed by atoms with van der Waals surface area (Å²) < 4.78 is 14.0. The van der Waals surface area contributed by atoms with Gasteiger partial charge in [-0.2, -0.15) is 0 Å². The minimum atomic E-state index is -1.43. The molecule has 3 amide bonds. The Morgan fingerprint density at radius 1 is 1.31 bits per heavy atom. The van der Waals surface area contributed by atoms with E-state index in [-0.39, 0.29) is 24.4 Å². The van der Waals surface area contributed by atoms with Gasteiger partial charge >= 0.3 is 0 Å². The Hall–Kier alpha value is -2.54. The summed E-state index contributed by atoms with van der Waals surface area (Å²) in [6, 6.07) is 3.65. The van der Waals surface area contributed by atoms with Gasteiger partial charge in [0.15, 0.2) is 0 Å². The Balaban J connectivity index is 1.92. The molecule has 136 valence electrons. The topological polar surface area (TPSA) is 78.5 Å². The summed E-state index contributed by atoms with van der Waals surface area (Å²) in [5.41, 5.74) is -0.573. The molecule has 0 aromatic heterocycles. The molecule has 4 rings (SSSR count). The number of carbonyl (C=O) groups is 3. The molecule has 0 bridgehead atoms. The van der Waals surface area contributed by atoms with E-state index < -0.39 is 35.0 Å². The summed E-state index contributed by atoms with van der Waals surface area (Å²) in [5, 5.41) is 5.99. The number of nitrogens with zero attached hydrogens (tertiary/aromatic N) is 1. The van der Waals surface area contributed by atoms with Gasteiger partial charge in [0, 0.05) is 23.8 Å². The van der Waals surface area contributed by atoms with Crippen LogP contribution in [0.1, 0.15) is 19.4 Å². The zero-order valence-corrected chi connectivity index (χ0v) is 14.6. The van der Waals surface area contributed by atoms with Crippen LogP contribution in [0.15, 0.2) is 30.9 Å². The number of rotatable bonds is 3. The molecule has 2 fully saturated rings. The van der Waals surface area contributed by atoms with Crippen molar-refractivity contribution in [2.24, 2.45) is 17.8 Å². The number of imide groups is 1. The number of likely N-dealkylation sites (tertiary alicyclic amines) is 1. The molecule has 1 aromatic carbocycles. The van der Waals surface area contributed by atoms with Crippen LogP contribution in [0.2, 0.25) is 0 Å². The zero-order valence-electron chi connectivity index (χ0n) is 14.6. The van der Waals surface area contributed by atoms with Gasteiger partial charge < -0.3 is 5.32 Å². The number of halogens is 1. The molecular formula is C19H20FN3O3. The van der Waals surface area contributed by atoms with E-state index in [1.165, 1.54) is 24.3 Å². The van der Waals surface area contributed by atoms with Crippen molar-refractivity contribution in [2.45, 2.75) is 25.4 Å². The van der Waals surface area contributed by atoms with Crippen LogP contribution in [0.4, 0.5) is 10.1 Å². The first kappa shape index (κ1) is 16.9. The molecule has 3 heterocycles. The van der Waals surface area contributed by atoms with E-state index in [0.29, 0.717) is 11.3 Å². The second-order valence-corrected chi connectivity index (χ2v) is 7.45. The third kappa shape index (κ3) is 1.92. The van der Waals surface area contributed by atoms with Crippen molar-refractivity contribution < 1.29 is 18.8 Å². The molecule has 0 saturated carbocycles. The maximum Gasteiger partial charge on any atom is 0.250 e. The van der Waals surface area contributed by atoms with Crippen molar-refractivity contribution in [1.82, 2.24) is 10.2 Å². The van der Waals surface area contributed by atoms with Gasteiger partial charge in [-0.1, -0.05) is 19.9 Å². The van der Waals surface area contributed by atoms with Crippen LogP contribution in [-0.2, 0) is 19.9 Å². The Bertz CT molecular complexity index is 852. The lowest BCUT2D eigenvalue weighted by atomic mass is 9.76. The van der Waals surface area contributed by atoms with Crippen LogP contribution in [0.5, 0.6) is 0 Å². The fourth-order valence-electron chi connectivity index (χ4n) is 4.65. The highest BCUT2D eigenvalue weighted by Crippen LogP contribution is 2.53. The molecular weight excluding hydrogens is 337 g/mol. The molecule has 2 N–H and O–H groups in total. The van der Waals surface area contributed by atoms with Gasteiger partial charge in [0.05, 0.1) is 11.8 Å². The molecule has 0 unspecified atom stereocenters. The van der Waals surface area contributed by atoms with Crippen LogP contribution in [0, 0.1) is 23.6 Å². The van der Waals surface area contributed by atoms with E-state index in [0.717, 1.165) is 4.90 Å². The van der Waals surface area contributed by atoms with Gasteiger partial charge in [-0.3, -0.25) is 24.6 Å².